The highest BCUT2D eigenvalue weighted by Gasteiger charge is 2.32. The molecule has 0 aromatic heterocycles. The summed E-state index contributed by atoms with van der Waals surface area (Å²) in [5.74, 6) is 2.15. The quantitative estimate of drug-likeness (QED) is 0.645. The van der Waals surface area contributed by atoms with Crippen molar-refractivity contribution in [1.82, 2.24) is 0 Å². The zero-order valence-electron chi connectivity index (χ0n) is 10.6. The topological polar surface area (TPSA) is 9.23 Å². The zero-order valence-corrected chi connectivity index (χ0v) is 11.3. The summed E-state index contributed by atoms with van der Waals surface area (Å²) in [6.07, 6.45) is 5.21. The molecule has 90 valence electrons. The molecule has 0 spiro atoms. The predicted molar refractivity (Wildman–Crippen MR) is 66.5 cm³/mol. The standard InChI is InChI=1S/C13H25ClO/c1-10(2)7-11(9-14)8-12-5-6-13(3,4)15-12/h10-12H,5-9H2,1-4H3. The van der Waals surface area contributed by atoms with Crippen molar-refractivity contribution in [2.45, 2.75) is 65.1 Å². The number of rotatable bonds is 5. The first-order chi connectivity index (χ1) is 6.93. The lowest BCUT2D eigenvalue weighted by molar-refractivity contribution is -0.0243. The van der Waals surface area contributed by atoms with Crippen molar-refractivity contribution < 1.29 is 4.74 Å². The lowest BCUT2D eigenvalue weighted by atomic mass is 9.92. The maximum atomic E-state index is 6.01. The fourth-order valence-corrected chi connectivity index (χ4v) is 2.76. The number of hydrogen-bond acceptors (Lipinski definition) is 1. The summed E-state index contributed by atoms with van der Waals surface area (Å²) in [5, 5.41) is 0. The Kier molecular flexibility index (Phi) is 4.92. The summed E-state index contributed by atoms with van der Waals surface area (Å²) >= 11 is 6.01. The first-order valence-corrected chi connectivity index (χ1v) is 6.70. The van der Waals surface area contributed by atoms with E-state index in [-0.39, 0.29) is 5.60 Å². The van der Waals surface area contributed by atoms with Crippen LogP contribution >= 0.6 is 11.6 Å². The molecule has 1 heterocycles. The minimum absolute atomic E-state index is 0.0966. The van der Waals surface area contributed by atoms with Gasteiger partial charge in [0.1, 0.15) is 0 Å². The molecule has 2 atom stereocenters. The molecule has 1 aliphatic heterocycles. The van der Waals surface area contributed by atoms with Crippen LogP contribution in [0.4, 0.5) is 0 Å². The molecule has 0 aliphatic carbocycles. The van der Waals surface area contributed by atoms with E-state index in [1.807, 2.05) is 0 Å². The molecule has 0 radical (unpaired) electrons. The van der Waals surface area contributed by atoms with Gasteiger partial charge in [-0.05, 0) is 51.4 Å². The molecule has 2 heteroatoms. The van der Waals surface area contributed by atoms with Gasteiger partial charge in [-0.1, -0.05) is 13.8 Å². The van der Waals surface area contributed by atoms with E-state index >= 15 is 0 Å². The maximum absolute atomic E-state index is 6.01. The Bertz CT molecular complexity index is 189. The molecule has 0 bridgehead atoms. The molecule has 1 saturated heterocycles. The molecule has 1 fully saturated rings. The Labute approximate surface area is 99.5 Å². The lowest BCUT2D eigenvalue weighted by Gasteiger charge is -2.23. The van der Waals surface area contributed by atoms with E-state index in [2.05, 4.69) is 27.7 Å². The first-order valence-electron chi connectivity index (χ1n) is 6.16. The van der Waals surface area contributed by atoms with Gasteiger partial charge in [0, 0.05) is 5.88 Å². The highest BCUT2D eigenvalue weighted by molar-refractivity contribution is 6.18. The van der Waals surface area contributed by atoms with Crippen LogP contribution in [0.1, 0.15) is 53.4 Å². The van der Waals surface area contributed by atoms with Crippen molar-refractivity contribution in [2.75, 3.05) is 5.88 Å². The van der Waals surface area contributed by atoms with Crippen molar-refractivity contribution in [3.05, 3.63) is 0 Å². The van der Waals surface area contributed by atoms with Gasteiger partial charge in [0.2, 0.25) is 0 Å². The smallest absolute Gasteiger partial charge is 0.0631 e. The van der Waals surface area contributed by atoms with Gasteiger partial charge in [-0.3, -0.25) is 0 Å². The Balaban J connectivity index is 2.33. The molecule has 15 heavy (non-hydrogen) atoms. The molecular formula is C13H25ClO. The molecule has 0 amide bonds. The lowest BCUT2D eigenvalue weighted by Crippen LogP contribution is -2.22. The second-order valence-corrected chi connectivity index (χ2v) is 6.23. The third-order valence-corrected chi connectivity index (χ3v) is 3.61. The molecule has 1 nitrogen and oxygen atoms in total. The van der Waals surface area contributed by atoms with Gasteiger partial charge < -0.3 is 4.74 Å². The molecule has 0 N–H and O–H groups in total. The minimum atomic E-state index is 0.0966. The highest BCUT2D eigenvalue weighted by atomic mass is 35.5. The number of ether oxygens (including phenoxy) is 1. The first kappa shape index (κ1) is 13.3. The van der Waals surface area contributed by atoms with Crippen LogP contribution in [0.2, 0.25) is 0 Å². The van der Waals surface area contributed by atoms with Crippen LogP contribution in [0.3, 0.4) is 0 Å². The Hall–Kier alpha value is 0.250. The fourth-order valence-electron chi connectivity index (χ4n) is 2.50. The summed E-state index contributed by atoms with van der Waals surface area (Å²) in [5.41, 5.74) is 0.0966. The Morgan fingerprint density at radius 3 is 2.47 bits per heavy atom. The second kappa shape index (κ2) is 5.54. The fraction of sp³-hybridized carbons (Fsp3) is 1.00. The Morgan fingerprint density at radius 2 is 2.07 bits per heavy atom. The highest BCUT2D eigenvalue weighted by Crippen LogP contribution is 2.33. The van der Waals surface area contributed by atoms with Crippen LogP contribution in [0, 0.1) is 11.8 Å². The molecule has 0 saturated carbocycles. The van der Waals surface area contributed by atoms with Crippen LogP contribution in [0.25, 0.3) is 0 Å². The van der Waals surface area contributed by atoms with Gasteiger partial charge in [0.15, 0.2) is 0 Å². The van der Waals surface area contributed by atoms with Gasteiger partial charge in [0.05, 0.1) is 11.7 Å². The monoisotopic (exact) mass is 232 g/mol. The van der Waals surface area contributed by atoms with Gasteiger partial charge in [0.25, 0.3) is 0 Å². The minimum Gasteiger partial charge on any atom is -0.372 e. The van der Waals surface area contributed by atoms with Crippen molar-refractivity contribution in [1.29, 1.82) is 0 Å². The van der Waals surface area contributed by atoms with Crippen LogP contribution in [0.5, 0.6) is 0 Å². The van der Waals surface area contributed by atoms with E-state index in [0.29, 0.717) is 12.0 Å². The summed E-state index contributed by atoms with van der Waals surface area (Å²) in [7, 11) is 0. The van der Waals surface area contributed by atoms with Gasteiger partial charge in [-0.25, -0.2) is 0 Å². The van der Waals surface area contributed by atoms with Crippen molar-refractivity contribution in [3.8, 4) is 0 Å². The Morgan fingerprint density at radius 1 is 1.40 bits per heavy atom. The van der Waals surface area contributed by atoms with Crippen LogP contribution in [-0.4, -0.2) is 17.6 Å². The van der Waals surface area contributed by atoms with Gasteiger partial charge in [-0.2, -0.15) is 0 Å². The average Bonchev–Trinajstić information content (AvgIpc) is 2.43. The number of alkyl halides is 1. The van der Waals surface area contributed by atoms with E-state index in [1.54, 1.807) is 0 Å². The molecule has 2 unspecified atom stereocenters. The van der Waals surface area contributed by atoms with Gasteiger partial charge in [-0.15, -0.1) is 11.6 Å². The van der Waals surface area contributed by atoms with E-state index < -0.39 is 0 Å². The third-order valence-electron chi connectivity index (χ3n) is 3.17. The summed E-state index contributed by atoms with van der Waals surface area (Å²) in [6.45, 7) is 8.90. The van der Waals surface area contributed by atoms with Crippen molar-refractivity contribution >= 4 is 11.6 Å². The summed E-state index contributed by atoms with van der Waals surface area (Å²) in [4.78, 5) is 0. The largest absolute Gasteiger partial charge is 0.372 e. The van der Waals surface area contributed by atoms with E-state index in [0.717, 1.165) is 18.2 Å². The predicted octanol–water partition coefficient (Wildman–Crippen LogP) is 4.24. The van der Waals surface area contributed by atoms with Crippen molar-refractivity contribution in [2.24, 2.45) is 11.8 Å². The molecule has 1 rings (SSSR count). The normalized spacial score (nSPS) is 27.2. The SMILES string of the molecule is CC(C)CC(CCl)CC1CCC(C)(C)O1. The molecule has 0 aromatic rings. The third kappa shape index (κ3) is 4.74. The van der Waals surface area contributed by atoms with E-state index in [9.17, 15) is 0 Å². The molecular weight excluding hydrogens is 208 g/mol. The van der Waals surface area contributed by atoms with E-state index in [1.165, 1.54) is 19.3 Å². The average molecular weight is 233 g/mol. The van der Waals surface area contributed by atoms with E-state index in [4.69, 9.17) is 16.3 Å². The summed E-state index contributed by atoms with van der Waals surface area (Å²) in [6, 6.07) is 0. The zero-order chi connectivity index (χ0) is 11.5. The maximum Gasteiger partial charge on any atom is 0.0631 e. The number of hydrogen-bond donors (Lipinski definition) is 0. The van der Waals surface area contributed by atoms with Crippen LogP contribution in [-0.2, 0) is 4.74 Å². The van der Waals surface area contributed by atoms with Gasteiger partial charge >= 0.3 is 0 Å². The van der Waals surface area contributed by atoms with Crippen LogP contribution < -0.4 is 0 Å². The summed E-state index contributed by atoms with van der Waals surface area (Å²) < 4.78 is 6.00. The molecule has 0 aromatic carbocycles. The molecule has 1 aliphatic rings. The second-order valence-electron chi connectivity index (χ2n) is 5.92. The van der Waals surface area contributed by atoms with Crippen LogP contribution in [0.15, 0.2) is 0 Å². The number of halogens is 1. The van der Waals surface area contributed by atoms with Crippen molar-refractivity contribution in [3.63, 3.8) is 0 Å².